The molecule has 0 aromatic carbocycles. The van der Waals surface area contributed by atoms with Crippen LogP contribution in [0.25, 0.3) is 0 Å². The molecule has 0 spiro atoms. The van der Waals surface area contributed by atoms with Gasteiger partial charge in [0.15, 0.2) is 0 Å². The summed E-state index contributed by atoms with van der Waals surface area (Å²) in [6, 6.07) is 0. The molecule has 2 atom stereocenters. The maximum Gasteiger partial charge on any atom is 0.116 e. The number of rotatable bonds is 27. The summed E-state index contributed by atoms with van der Waals surface area (Å²) in [7, 11) is -2.33. The lowest BCUT2D eigenvalue weighted by atomic mass is 10.0. The van der Waals surface area contributed by atoms with E-state index in [0.29, 0.717) is 11.0 Å². The Morgan fingerprint density at radius 2 is 0.943 bits per heavy atom. The van der Waals surface area contributed by atoms with Crippen molar-refractivity contribution in [3.63, 3.8) is 0 Å². The van der Waals surface area contributed by atoms with E-state index in [1.807, 2.05) is 7.05 Å². The van der Waals surface area contributed by atoms with Crippen LogP contribution in [0, 0.1) is 0 Å². The summed E-state index contributed by atoms with van der Waals surface area (Å²) in [6.07, 6.45) is 27.7. The van der Waals surface area contributed by atoms with Crippen LogP contribution in [-0.2, 0) is 10.1 Å². The summed E-state index contributed by atoms with van der Waals surface area (Å²) in [5.41, 5.74) is 0. The molecule has 1 N–H and O–H groups in total. The highest BCUT2D eigenvalue weighted by Gasteiger charge is 2.24. The normalized spacial score (nSPS) is 14.8. The van der Waals surface area contributed by atoms with E-state index in [1.54, 1.807) is 0 Å². The van der Waals surface area contributed by atoms with Crippen LogP contribution in [0.5, 0.6) is 0 Å². The molecule has 0 aliphatic rings. The van der Waals surface area contributed by atoms with Crippen LogP contribution in [0.4, 0.5) is 0 Å². The molecule has 212 valence electrons. The lowest BCUT2D eigenvalue weighted by Crippen LogP contribution is -2.50. The van der Waals surface area contributed by atoms with Gasteiger partial charge in [0.1, 0.15) is 12.6 Å². The van der Waals surface area contributed by atoms with Crippen molar-refractivity contribution in [2.45, 2.75) is 155 Å². The fourth-order valence-electron chi connectivity index (χ4n) is 5.10. The molecule has 0 aromatic heterocycles. The molecule has 0 bridgehead atoms. The lowest BCUT2D eigenvalue weighted by Gasteiger charge is -2.35. The van der Waals surface area contributed by atoms with E-state index < -0.39 is 22.0 Å². The SMILES string of the molecule is CCCCCCCCCCCCCCCCCCCCCCC[N+](C)(CC)CC(O)CS(=O)(=O)[O-]. The molecular weight excluding hydrogens is 458 g/mol. The van der Waals surface area contributed by atoms with E-state index in [4.69, 9.17) is 0 Å². The Kier molecular flexibility index (Phi) is 22.9. The van der Waals surface area contributed by atoms with Gasteiger partial charge in [-0.3, -0.25) is 0 Å². The third kappa shape index (κ3) is 25.3. The van der Waals surface area contributed by atoms with Gasteiger partial charge < -0.3 is 14.1 Å². The summed E-state index contributed by atoms with van der Waals surface area (Å²) in [6.45, 7) is 6.42. The van der Waals surface area contributed by atoms with Gasteiger partial charge in [0.2, 0.25) is 0 Å². The number of hydrogen-bond acceptors (Lipinski definition) is 4. The standard InChI is InChI=1S/C29H61NO4S/c1-4-6-7-8-9-10-11-12-13-14-15-16-17-18-19-20-21-22-23-24-25-26-30(3,5-2)27-29(31)28-35(32,33)34/h29,31H,4-28H2,1-3H3. The zero-order chi connectivity index (χ0) is 26.3. The second-order valence-electron chi connectivity index (χ2n) is 11.3. The molecule has 0 aromatic rings. The van der Waals surface area contributed by atoms with Gasteiger partial charge in [-0.1, -0.05) is 129 Å². The Bertz CT molecular complexity index is 555. The minimum absolute atomic E-state index is 0.331. The van der Waals surface area contributed by atoms with Crippen LogP contribution in [0.3, 0.4) is 0 Å². The second-order valence-corrected chi connectivity index (χ2v) is 12.7. The Hall–Kier alpha value is -0.170. The smallest absolute Gasteiger partial charge is 0.116 e. The molecule has 0 amide bonds. The molecule has 2 unspecified atom stereocenters. The third-order valence-electron chi connectivity index (χ3n) is 7.61. The minimum Gasteiger partial charge on any atom is -0.748 e. The van der Waals surface area contributed by atoms with E-state index in [2.05, 4.69) is 13.8 Å². The fourth-order valence-corrected chi connectivity index (χ4v) is 5.68. The van der Waals surface area contributed by atoms with Crippen molar-refractivity contribution in [1.82, 2.24) is 0 Å². The molecule has 0 aliphatic carbocycles. The number of aliphatic hydroxyl groups excluding tert-OH is 1. The van der Waals surface area contributed by atoms with Gasteiger partial charge in [-0.05, 0) is 19.8 Å². The molecule has 0 aliphatic heterocycles. The predicted molar refractivity (Wildman–Crippen MR) is 150 cm³/mol. The highest BCUT2D eigenvalue weighted by molar-refractivity contribution is 7.85. The van der Waals surface area contributed by atoms with Crippen LogP contribution < -0.4 is 0 Å². The van der Waals surface area contributed by atoms with Crippen LogP contribution in [0.1, 0.15) is 149 Å². The number of hydrogen-bond donors (Lipinski definition) is 1. The molecular formula is C29H61NO4S. The van der Waals surface area contributed by atoms with Crippen molar-refractivity contribution in [3.05, 3.63) is 0 Å². The Balaban J connectivity index is 3.42. The van der Waals surface area contributed by atoms with Gasteiger partial charge in [0, 0.05) is 0 Å². The summed E-state index contributed by atoms with van der Waals surface area (Å²) >= 11 is 0. The first-order valence-electron chi connectivity index (χ1n) is 15.2. The zero-order valence-corrected chi connectivity index (χ0v) is 24.6. The Morgan fingerprint density at radius 1 is 0.629 bits per heavy atom. The first kappa shape index (κ1) is 34.8. The van der Waals surface area contributed by atoms with Crippen molar-refractivity contribution >= 4 is 10.1 Å². The van der Waals surface area contributed by atoms with Crippen LogP contribution >= 0.6 is 0 Å². The first-order valence-corrected chi connectivity index (χ1v) is 16.8. The third-order valence-corrected chi connectivity index (χ3v) is 8.41. The maximum atomic E-state index is 10.8. The Labute approximate surface area is 219 Å². The van der Waals surface area contributed by atoms with Gasteiger partial charge >= 0.3 is 0 Å². The van der Waals surface area contributed by atoms with Gasteiger partial charge in [-0.15, -0.1) is 0 Å². The van der Waals surface area contributed by atoms with Crippen molar-refractivity contribution in [1.29, 1.82) is 0 Å². The summed E-state index contributed by atoms with van der Waals surface area (Å²) in [5.74, 6) is -0.680. The average Bonchev–Trinajstić information content (AvgIpc) is 2.78. The Morgan fingerprint density at radius 3 is 1.23 bits per heavy atom. The zero-order valence-electron chi connectivity index (χ0n) is 23.8. The topological polar surface area (TPSA) is 77.4 Å². The molecule has 6 heteroatoms. The number of aliphatic hydroxyl groups is 1. The van der Waals surface area contributed by atoms with E-state index >= 15 is 0 Å². The van der Waals surface area contributed by atoms with Crippen LogP contribution in [-0.4, -0.2) is 61.1 Å². The van der Waals surface area contributed by atoms with Crippen molar-refractivity contribution in [2.75, 3.05) is 32.4 Å². The first-order chi connectivity index (χ1) is 16.7. The van der Waals surface area contributed by atoms with Crippen LogP contribution in [0.2, 0.25) is 0 Å². The van der Waals surface area contributed by atoms with E-state index in [0.717, 1.165) is 19.5 Å². The second kappa shape index (κ2) is 23.0. The molecule has 5 nitrogen and oxygen atoms in total. The molecule has 0 saturated carbocycles. The van der Waals surface area contributed by atoms with E-state index in [1.165, 1.54) is 128 Å². The molecule has 35 heavy (non-hydrogen) atoms. The van der Waals surface area contributed by atoms with Gasteiger partial charge in [0.25, 0.3) is 0 Å². The van der Waals surface area contributed by atoms with Gasteiger partial charge in [-0.2, -0.15) is 0 Å². The number of quaternary nitrogens is 1. The van der Waals surface area contributed by atoms with Gasteiger partial charge in [-0.25, -0.2) is 8.42 Å². The molecule has 0 fully saturated rings. The van der Waals surface area contributed by atoms with Crippen LogP contribution in [0.15, 0.2) is 0 Å². The van der Waals surface area contributed by atoms with Gasteiger partial charge in [0.05, 0.1) is 36.0 Å². The van der Waals surface area contributed by atoms with E-state index in [9.17, 15) is 18.1 Å². The monoisotopic (exact) mass is 519 g/mol. The predicted octanol–water partition coefficient (Wildman–Crippen LogP) is 7.57. The molecule has 0 radical (unpaired) electrons. The summed E-state index contributed by atoms with van der Waals surface area (Å²) in [4.78, 5) is 0. The number of likely N-dealkylation sites (N-methyl/N-ethyl adjacent to an activating group) is 1. The fraction of sp³-hybridized carbons (Fsp3) is 1.00. The van der Waals surface area contributed by atoms with Crippen molar-refractivity contribution < 1.29 is 22.6 Å². The quantitative estimate of drug-likeness (QED) is 0.0689. The highest BCUT2D eigenvalue weighted by Crippen LogP contribution is 2.16. The van der Waals surface area contributed by atoms with Crippen molar-refractivity contribution in [3.8, 4) is 0 Å². The van der Waals surface area contributed by atoms with E-state index in [-0.39, 0.29) is 0 Å². The average molecular weight is 520 g/mol. The summed E-state index contributed by atoms with van der Waals surface area (Å²) < 4.78 is 33.2. The number of unbranched alkanes of at least 4 members (excludes halogenated alkanes) is 20. The summed E-state index contributed by atoms with van der Waals surface area (Å²) in [5, 5.41) is 9.93. The minimum atomic E-state index is -4.37. The highest BCUT2D eigenvalue weighted by atomic mass is 32.2. The lowest BCUT2D eigenvalue weighted by molar-refractivity contribution is -0.910. The number of nitrogens with zero attached hydrogens (tertiary/aromatic N) is 1. The van der Waals surface area contributed by atoms with Crippen molar-refractivity contribution in [2.24, 2.45) is 0 Å². The largest absolute Gasteiger partial charge is 0.748 e. The molecule has 0 saturated heterocycles. The molecule has 0 rings (SSSR count). The maximum absolute atomic E-state index is 10.8. The molecule has 0 heterocycles.